The number of phosphoric acid groups is 3. The molecule has 0 bridgehead atoms. The third-order valence-electron chi connectivity index (χ3n) is 5.45. The first kappa shape index (κ1) is 41.1. The van der Waals surface area contributed by atoms with Crippen LogP contribution in [-0.4, -0.2) is 85.3 Å². The fourth-order valence-electron chi connectivity index (χ4n) is 3.59. The number of thiol groups is 1. The first-order valence-electron chi connectivity index (χ1n) is 13.0. The van der Waals surface area contributed by atoms with Crippen LogP contribution in [0.4, 0.5) is 5.82 Å². The summed E-state index contributed by atoms with van der Waals surface area (Å²) in [4.78, 5) is 64.9. The molecule has 1 aliphatic rings. The maximum atomic E-state index is 12.7. The van der Waals surface area contributed by atoms with Crippen LogP contribution in [0.2, 0.25) is 0 Å². The molecule has 25 heteroatoms. The highest BCUT2D eigenvalue weighted by molar-refractivity contribution is 8.28. The Labute approximate surface area is 275 Å². The SMILES string of the molecule is CS(=S)CO[C@H]1C[C@H](n2cc(C#CCCC(=O)OCCCCOCS)c(N)nc2=O)O[C@@H]1COP(=O)(O)OP(=O)(O)OP(=O)(O)O. The number of hydrogen-bond acceptors (Lipinski definition) is 16. The molecule has 0 aromatic carbocycles. The number of phosphoric ester groups is 1. The van der Waals surface area contributed by atoms with E-state index in [4.69, 9.17) is 50.2 Å². The first-order chi connectivity index (χ1) is 21.4. The van der Waals surface area contributed by atoms with E-state index in [0.717, 1.165) is 11.0 Å². The molecule has 1 aliphatic heterocycles. The van der Waals surface area contributed by atoms with Crippen molar-refractivity contribution in [3.63, 3.8) is 0 Å². The maximum Gasteiger partial charge on any atom is 0.490 e. The van der Waals surface area contributed by atoms with E-state index in [1.54, 1.807) is 6.26 Å². The highest BCUT2D eigenvalue weighted by Crippen LogP contribution is 2.66. The zero-order chi connectivity index (χ0) is 34.5. The average molecular weight is 774 g/mol. The van der Waals surface area contributed by atoms with Crippen molar-refractivity contribution in [3.8, 4) is 11.8 Å². The van der Waals surface area contributed by atoms with Crippen LogP contribution in [0.5, 0.6) is 0 Å². The third kappa shape index (κ3) is 15.9. The minimum absolute atomic E-state index is 0.0110. The van der Waals surface area contributed by atoms with Gasteiger partial charge < -0.3 is 44.3 Å². The van der Waals surface area contributed by atoms with Gasteiger partial charge in [-0.15, -0.1) is 0 Å². The lowest BCUT2D eigenvalue weighted by atomic mass is 10.2. The fourth-order valence-corrected chi connectivity index (χ4v) is 7.28. The smallest absolute Gasteiger partial charge is 0.466 e. The van der Waals surface area contributed by atoms with E-state index < -0.39 is 69.6 Å². The Morgan fingerprint density at radius 2 is 1.91 bits per heavy atom. The number of anilines is 1. The molecule has 0 aliphatic carbocycles. The minimum atomic E-state index is -5.74. The summed E-state index contributed by atoms with van der Waals surface area (Å²) in [5.41, 5.74) is 5.17. The summed E-state index contributed by atoms with van der Waals surface area (Å²) in [6.07, 6.45) is 1.27. The molecular weight excluding hydrogens is 739 g/mol. The Kier molecular flexibility index (Phi) is 17.1. The molecule has 1 saturated heterocycles. The minimum Gasteiger partial charge on any atom is -0.466 e. The monoisotopic (exact) mass is 773 g/mol. The van der Waals surface area contributed by atoms with Crippen molar-refractivity contribution in [2.24, 2.45) is 0 Å². The zero-order valence-electron chi connectivity index (χ0n) is 24.1. The normalized spacial score (nSPS) is 21.5. The van der Waals surface area contributed by atoms with E-state index >= 15 is 0 Å². The number of nitrogens with zero attached hydrogens (tertiary/aromatic N) is 2. The lowest BCUT2D eigenvalue weighted by Gasteiger charge is -2.21. The van der Waals surface area contributed by atoms with Crippen molar-refractivity contribution in [1.29, 1.82) is 0 Å². The number of unbranched alkanes of at least 4 members (excludes halogenated alkanes) is 1. The van der Waals surface area contributed by atoms with Gasteiger partial charge in [-0.1, -0.05) is 21.3 Å². The van der Waals surface area contributed by atoms with Gasteiger partial charge in [0.25, 0.3) is 0 Å². The standard InChI is InChI=1S/C21H34N3O16P3S3/c1-46(45)14-36-16-10-18(38-17(16)12-37-42(30,31)40-43(32,33)39-41(27,28)29)24-11-15(20(22)23-21(24)26)6-2-3-7-19(25)35-9-5-4-8-34-13-44/h11,16-18,44H,3-5,7-10,12-14H2,1H3,(H,30,31)(H,32,33)(H2,22,23,26)(H2,27,28,29)/t16-,17+,18+,46?/m0/s1. The third-order valence-corrected chi connectivity index (χ3v) is 10.2. The molecular formula is C21H34N3O16P3S3. The van der Waals surface area contributed by atoms with Crippen LogP contribution in [0, 0.1) is 11.8 Å². The number of nitrogens with two attached hydrogens (primary N) is 1. The molecule has 6 atom stereocenters. The molecule has 0 amide bonds. The highest BCUT2D eigenvalue weighted by atomic mass is 32.8. The number of esters is 1. The molecule has 46 heavy (non-hydrogen) atoms. The number of hydrogen-bond donors (Lipinski definition) is 6. The molecule has 2 heterocycles. The summed E-state index contributed by atoms with van der Waals surface area (Å²) in [7, 11) is -17.4. The summed E-state index contributed by atoms with van der Waals surface area (Å²) < 4.78 is 69.6. The number of carbonyl (C=O) groups excluding carboxylic acids is 1. The van der Waals surface area contributed by atoms with Gasteiger partial charge in [0.2, 0.25) is 0 Å². The van der Waals surface area contributed by atoms with E-state index in [1.807, 2.05) is 0 Å². The Balaban J connectivity index is 2.09. The van der Waals surface area contributed by atoms with Crippen LogP contribution < -0.4 is 11.4 Å². The maximum absolute atomic E-state index is 12.7. The number of nitrogen functional groups attached to an aromatic ring is 1. The van der Waals surface area contributed by atoms with Gasteiger partial charge in [-0.25, -0.2) is 18.5 Å². The number of aromatic nitrogens is 2. The van der Waals surface area contributed by atoms with E-state index in [1.165, 1.54) is 6.20 Å². The molecule has 0 saturated carbocycles. The van der Waals surface area contributed by atoms with Gasteiger partial charge in [-0.2, -0.15) is 26.2 Å². The summed E-state index contributed by atoms with van der Waals surface area (Å²) in [6, 6.07) is 0. The van der Waals surface area contributed by atoms with Gasteiger partial charge >= 0.3 is 35.1 Å². The van der Waals surface area contributed by atoms with Gasteiger partial charge in [-0.3, -0.25) is 13.9 Å². The topological polar surface area (TPSA) is 275 Å². The number of ether oxygens (including phenoxy) is 4. The number of rotatable bonds is 19. The second kappa shape index (κ2) is 19.2. The molecule has 0 spiro atoms. The Morgan fingerprint density at radius 1 is 1.22 bits per heavy atom. The first-order valence-corrected chi connectivity index (χ1v) is 20.9. The summed E-state index contributed by atoms with van der Waals surface area (Å²) >= 11 is 9.05. The summed E-state index contributed by atoms with van der Waals surface area (Å²) in [5, 5.41) is 0. The largest absolute Gasteiger partial charge is 0.490 e. The van der Waals surface area contributed by atoms with Crippen LogP contribution in [-0.2, 0) is 71.2 Å². The molecule has 3 unspecified atom stereocenters. The lowest BCUT2D eigenvalue weighted by molar-refractivity contribution is -0.143. The van der Waals surface area contributed by atoms with Crippen molar-refractivity contribution in [3.05, 3.63) is 22.2 Å². The zero-order valence-corrected chi connectivity index (χ0v) is 29.4. The van der Waals surface area contributed by atoms with Gasteiger partial charge in [0.05, 0.1) is 43.2 Å². The second-order valence-corrected chi connectivity index (χ2v) is 16.9. The quantitative estimate of drug-likeness (QED) is 0.0284. The second-order valence-electron chi connectivity index (χ2n) is 9.14. The molecule has 1 aromatic rings. The van der Waals surface area contributed by atoms with Gasteiger partial charge in [-0.05, 0) is 30.3 Å². The predicted molar refractivity (Wildman–Crippen MR) is 168 cm³/mol. The molecule has 0 radical (unpaired) electrons. The Bertz CT molecular complexity index is 1480. The fraction of sp³-hybridized carbons (Fsp3) is 0.667. The van der Waals surface area contributed by atoms with Crippen LogP contribution in [0.25, 0.3) is 0 Å². The van der Waals surface area contributed by atoms with Crippen LogP contribution in [0.1, 0.15) is 43.9 Å². The van der Waals surface area contributed by atoms with Gasteiger partial charge in [0.1, 0.15) is 18.1 Å². The van der Waals surface area contributed by atoms with E-state index in [2.05, 4.69) is 38.1 Å². The Hall–Kier alpha value is -1.08. The van der Waals surface area contributed by atoms with E-state index in [0.29, 0.717) is 19.0 Å². The van der Waals surface area contributed by atoms with Crippen molar-refractivity contribution < 1.29 is 70.2 Å². The van der Waals surface area contributed by atoms with Crippen LogP contribution >= 0.6 is 36.1 Å². The molecule has 1 aromatic heterocycles. The van der Waals surface area contributed by atoms with Crippen molar-refractivity contribution in [2.45, 2.75) is 50.5 Å². The summed E-state index contributed by atoms with van der Waals surface area (Å²) in [5.74, 6) is 5.25. The highest BCUT2D eigenvalue weighted by Gasteiger charge is 2.43. The molecule has 6 N–H and O–H groups in total. The predicted octanol–water partition coefficient (Wildman–Crippen LogP) is 0.868. The van der Waals surface area contributed by atoms with Gasteiger partial charge in [0, 0.05) is 25.6 Å². The lowest BCUT2D eigenvalue weighted by Crippen LogP contribution is -2.30. The van der Waals surface area contributed by atoms with E-state index in [-0.39, 0.29) is 43.2 Å². The van der Waals surface area contributed by atoms with Crippen LogP contribution in [0.15, 0.2) is 11.0 Å². The molecule has 262 valence electrons. The van der Waals surface area contributed by atoms with Gasteiger partial charge in [0.15, 0.2) is 0 Å². The molecule has 2 rings (SSSR count). The van der Waals surface area contributed by atoms with Crippen molar-refractivity contribution >= 4 is 68.5 Å². The molecule has 19 nitrogen and oxygen atoms in total. The summed E-state index contributed by atoms with van der Waals surface area (Å²) in [6.45, 7) is -0.0618. The molecule has 1 fully saturated rings. The van der Waals surface area contributed by atoms with Crippen molar-refractivity contribution in [1.82, 2.24) is 9.55 Å². The van der Waals surface area contributed by atoms with Crippen molar-refractivity contribution in [2.75, 3.05) is 43.7 Å². The number of carbonyl (C=O) groups is 1. The van der Waals surface area contributed by atoms with E-state index in [9.17, 15) is 33.1 Å². The van der Waals surface area contributed by atoms with Crippen LogP contribution in [0.3, 0.4) is 0 Å². The Morgan fingerprint density at radius 3 is 2.57 bits per heavy atom. The average Bonchev–Trinajstić information content (AvgIpc) is 3.32.